The molecule has 0 bridgehead atoms. The minimum atomic E-state index is 0.238. The van der Waals surface area contributed by atoms with Gasteiger partial charge >= 0.3 is 5.95 Å². The van der Waals surface area contributed by atoms with Crippen molar-refractivity contribution in [1.29, 1.82) is 0 Å². The second-order valence-electron chi connectivity index (χ2n) is 11.2. The molecule has 3 aromatic rings. The molecule has 1 aliphatic carbocycles. The van der Waals surface area contributed by atoms with Crippen LogP contribution >= 0.6 is 11.6 Å². The maximum Gasteiger partial charge on any atom is 0.335 e. The third-order valence-corrected chi connectivity index (χ3v) is 8.82. The predicted molar refractivity (Wildman–Crippen MR) is 159 cm³/mol. The fourth-order valence-corrected chi connectivity index (χ4v) is 6.40. The first-order chi connectivity index (χ1) is 18.9. The third kappa shape index (κ3) is 6.62. The predicted octanol–water partition coefficient (Wildman–Crippen LogP) is 6.18. The molecule has 1 aliphatic heterocycles. The molecular weight excluding hydrogens is 510 g/mol. The van der Waals surface area contributed by atoms with E-state index in [1.807, 2.05) is 48.5 Å². The molecular formula is C30H41ClN7O+. The van der Waals surface area contributed by atoms with E-state index in [2.05, 4.69) is 29.3 Å². The van der Waals surface area contributed by atoms with Gasteiger partial charge in [-0.3, -0.25) is 4.48 Å². The molecule has 0 spiro atoms. The molecule has 1 atom stereocenters. The van der Waals surface area contributed by atoms with Crippen molar-refractivity contribution in [2.24, 2.45) is 0 Å². The third-order valence-electron chi connectivity index (χ3n) is 8.53. The van der Waals surface area contributed by atoms with Gasteiger partial charge in [-0.1, -0.05) is 54.8 Å². The number of nitrogens with zero attached hydrogens (tertiary/aromatic N) is 5. The Labute approximate surface area is 237 Å². The molecule has 1 unspecified atom stereocenters. The number of piperidine rings is 1. The lowest BCUT2D eigenvalue weighted by Gasteiger charge is -2.47. The topological polar surface area (TPSA) is 89.2 Å². The van der Waals surface area contributed by atoms with Crippen molar-refractivity contribution in [2.45, 2.75) is 70.1 Å². The van der Waals surface area contributed by atoms with E-state index in [0.717, 1.165) is 47.6 Å². The van der Waals surface area contributed by atoms with Gasteiger partial charge in [0.05, 0.1) is 24.2 Å². The van der Waals surface area contributed by atoms with Crippen molar-refractivity contribution in [3.8, 4) is 5.75 Å². The van der Waals surface area contributed by atoms with E-state index >= 15 is 0 Å². The number of aromatic nitrogens is 3. The summed E-state index contributed by atoms with van der Waals surface area (Å²) in [6.45, 7) is 2.64. The van der Waals surface area contributed by atoms with Crippen LogP contribution in [0.1, 0.15) is 56.9 Å². The van der Waals surface area contributed by atoms with Gasteiger partial charge in [0.2, 0.25) is 11.9 Å². The van der Waals surface area contributed by atoms with Gasteiger partial charge in [0.25, 0.3) is 0 Å². The van der Waals surface area contributed by atoms with E-state index in [-0.39, 0.29) is 5.95 Å². The summed E-state index contributed by atoms with van der Waals surface area (Å²) in [7, 11) is 4.54. The first-order valence-corrected chi connectivity index (χ1v) is 14.6. The van der Waals surface area contributed by atoms with Gasteiger partial charge in [0, 0.05) is 31.6 Å². The minimum absolute atomic E-state index is 0.238. The van der Waals surface area contributed by atoms with E-state index in [1.165, 1.54) is 38.5 Å². The molecule has 0 amide bonds. The van der Waals surface area contributed by atoms with Crippen LogP contribution < -0.4 is 20.3 Å². The Hall–Kier alpha value is -2.94. The van der Waals surface area contributed by atoms with Gasteiger partial charge in [-0.15, -0.1) is 9.97 Å². The summed E-state index contributed by atoms with van der Waals surface area (Å²) in [5.41, 5.74) is 8.16. The van der Waals surface area contributed by atoms with E-state index in [1.54, 1.807) is 0 Å². The summed E-state index contributed by atoms with van der Waals surface area (Å²) < 4.78 is 6.66. The van der Waals surface area contributed by atoms with E-state index < -0.39 is 0 Å². The monoisotopic (exact) mass is 550 g/mol. The van der Waals surface area contributed by atoms with Gasteiger partial charge < -0.3 is 20.7 Å². The summed E-state index contributed by atoms with van der Waals surface area (Å²) in [6.07, 6.45) is 9.76. The van der Waals surface area contributed by atoms with Gasteiger partial charge in [-0.05, 0) is 56.5 Å². The number of rotatable bonds is 8. The summed E-state index contributed by atoms with van der Waals surface area (Å²) in [5, 5.41) is 3.84. The zero-order valence-corrected chi connectivity index (χ0v) is 23.9. The average molecular weight is 551 g/mol. The largest absolute Gasteiger partial charge is 0.487 e. The molecule has 8 nitrogen and oxygen atoms in total. The normalized spacial score (nSPS) is 19.3. The fourth-order valence-electron chi connectivity index (χ4n) is 6.16. The molecule has 208 valence electrons. The number of halogens is 1. The quantitative estimate of drug-likeness (QED) is 0.255. The zero-order valence-electron chi connectivity index (χ0n) is 23.2. The lowest BCUT2D eigenvalue weighted by Crippen LogP contribution is -2.63. The Kier molecular flexibility index (Phi) is 8.85. The summed E-state index contributed by atoms with van der Waals surface area (Å²) in [4.78, 5) is 16.6. The number of quaternary nitrogens is 1. The molecule has 0 radical (unpaired) electrons. The Balaban J connectivity index is 1.38. The number of ether oxygens (including phenoxy) is 1. The fraction of sp³-hybridized carbons (Fsp3) is 0.500. The second-order valence-corrected chi connectivity index (χ2v) is 11.6. The first-order valence-electron chi connectivity index (χ1n) is 14.2. The van der Waals surface area contributed by atoms with Crippen LogP contribution in [0.4, 0.5) is 23.5 Å². The van der Waals surface area contributed by atoms with Crippen LogP contribution in [0.2, 0.25) is 5.02 Å². The van der Waals surface area contributed by atoms with Crippen molar-refractivity contribution < 1.29 is 4.74 Å². The highest BCUT2D eigenvalue weighted by Gasteiger charge is 2.46. The SMILES string of the molecule is CN1CCC([N+](C)(c2nc(N)nc(Nc3ccc(OCc4ccccc4)c(Cl)c3)n2)C2CCCCCC2)CC1. The summed E-state index contributed by atoms with van der Waals surface area (Å²) >= 11 is 6.58. The van der Waals surface area contributed by atoms with Crippen LogP contribution in [0.15, 0.2) is 48.5 Å². The van der Waals surface area contributed by atoms with Crippen molar-refractivity contribution >= 4 is 35.1 Å². The highest BCUT2D eigenvalue weighted by Crippen LogP contribution is 2.37. The molecule has 1 saturated carbocycles. The smallest absolute Gasteiger partial charge is 0.335 e. The molecule has 3 N–H and O–H groups in total. The van der Waals surface area contributed by atoms with E-state index in [0.29, 0.717) is 35.4 Å². The van der Waals surface area contributed by atoms with Crippen molar-refractivity contribution in [3.05, 3.63) is 59.1 Å². The van der Waals surface area contributed by atoms with Crippen LogP contribution in [0.3, 0.4) is 0 Å². The van der Waals surface area contributed by atoms with Gasteiger partial charge in [0.1, 0.15) is 12.4 Å². The van der Waals surface area contributed by atoms with E-state index in [4.69, 9.17) is 32.0 Å². The van der Waals surface area contributed by atoms with Crippen molar-refractivity contribution in [3.63, 3.8) is 0 Å². The highest BCUT2D eigenvalue weighted by atomic mass is 35.5. The Morgan fingerprint density at radius 3 is 2.33 bits per heavy atom. The second kappa shape index (κ2) is 12.5. The summed E-state index contributed by atoms with van der Waals surface area (Å²) in [5.74, 6) is 2.07. The molecule has 5 rings (SSSR count). The van der Waals surface area contributed by atoms with Crippen LogP contribution in [0.25, 0.3) is 0 Å². The molecule has 2 fully saturated rings. The van der Waals surface area contributed by atoms with Crippen LogP contribution in [-0.2, 0) is 6.61 Å². The molecule has 9 heteroatoms. The molecule has 2 heterocycles. The van der Waals surface area contributed by atoms with Crippen LogP contribution in [0.5, 0.6) is 5.75 Å². The van der Waals surface area contributed by atoms with Gasteiger partial charge in [-0.25, -0.2) is 0 Å². The van der Waals surface area contributed by atoms with Gasteiger partial charge in [-0.2, -0.15) is 4.98 Å². The number of likely N-dealkylation sites (tertiary alicyclic amines) is 1. The number of benzene rings is 2. The number of nitrogens with one attached hydrogen (secondary N) is 1. The lowest BCUT2D eigenvalue weighted by molar-refractivity contribution is 0.0961. The highest BCUT2D eigenvalue weighted by molar-refractivity contribution is 6.32. The van der Waals surface area contributed by atoms with Crippen molar-refractivity contribution in [1.82, 2.24) is 24.3 Å². The number of hydrogen-bond donors (Lipinski definition) is 2. The van der Waals surface area contributed by atoms with Crippen molar-refractivity contribution in [2.75, 3.05) is 38.2 Å². The molecule has 2 aliphatic rings. The molecule has 2 aromatic carbocycles. The van der Waals surface area contributed by atoms with Crippen LogP contribution in [-0.4, -0.2) is 59.1 Å². The number of nitrogen functional groups attached to an aromatic ring is 1. The van der Waals surface area contributed by atoms with Gasteiger partial charge in [0.15, 0.2) is 0 Å². The standard InChI is InChI=1S/C30H41ClN7O/c1-37-18-16-25(17-19-37)38(2,24-12-8-3-4-9-13-24)30-35-28(32)34-29(36-30)33-23-14-15-27(26(31)20-23)39-21-22-10-6-5-7-11-22/h5-7,10-11,14-15,20,24-25H,3-4,8-9,12-13,16-19,21H2,1-2H3,(H3,32,33,34,35,36)/q+1. The molecule has 1 saturated heterocycles. The molecule has 1 aromatic heterocycles. The number of hydrogen-bond acceptors (Lipinski definition) is 7. The Morgan fingerprint density at radius 2 is 1.64 bits per heavy atom. The minimum Gasteiger partial charge on any atom is -0.487 e. The zero-order chi connectivity index (χ0) is 27.2. The Morgan fingerprint density at radius 1 is 0.949 bits per heavy atom. The number of anilines is 3. The van der Waals surface area contributed by atoms with E-state index in [9.17, 15) is 0 Å². The molecule has 39 heavy (non-hydrogen) atoms. The number of nitrogens with two attached hydrogens (primary N) is 1. The first kappa shape index (κ1) is 27.6. The maximum atomic E-state index is 6.58. The van der Waals surface area contributed by atoms with Crippen LogP contribution in [0, 0.1) is 0 Å². The summed E-state index contributed by atoms with van der Waals surface area (Å²) in [6, 6.07) is 16.6. The Bertz CT molecular complexity index is 1230. The maximum absolute atomic E-state index is 6.58. The average Bonchev–Trinajstić information content (AvgIpc) is 3.23. The lowest BCUT2D eigenvalue weighted by atomic mass is 9.95.